The summed E-state index contributed by atoms with van der Waals surface area (Å²) in [6.07, 6.45) is -5.36. The van der Waals surface area contributed by atoms with Gasteiger partial charge in [0.15, 0.2) is 5.69 Å². The van der Waals surface area contributed by atoms with E-state index in [0.717, 1.165) is 12.1 Å². The van der Waals surface area contributed by atoms with Gasteiger partial charge in [0.2, 0.25) is 0 Å². The van der Waals surface area contributed by atoms with Crippen molar-refractivity contribution in [3.05, 3.63) is 23.8 Å². The second-order valence-corrected chi connectivity index (χ2v) is 6.08. The van der Waals surface area contributed by atoms with Gasteiger partial charge in [-0.1, -0.05) is 0 Å². The molecule has 0 spiro atoms. The third kappa shape index (κ3) is 2.65. The van der Waals surface area contributed by atoms with Crippen molar-refractivity contribution in [1.82, 2.24) is 0 Å². The van der Waals surface area contributed by atoms with Crippen LogP contribution in [0.4, 0.5) is 24.5 Å². The van der Waals surface area contributed by atoms with E-state index >= 15 is 0 Å². The van der Waals surface area contributed by atoms with E-state index in [1.165, 1.54) is 6.07 Å². The van der Waals surface area contributed by atoms with E-state index in [1.807, 2.05) is 13.8 Å². The number of nitrogens with zero attached hydrogens (tertiary/aromatic N) is 1. The molecule has 7 heteroatoms. The molecule has 0 amide bonds. The SMILES string of the molecule is CC(C)N1c2ccc(C(F)(F)F)cc2[NH+](C(C)C)C1C(=O)O. The molecule has 4 nitrogen and oxygen atoms in total. The maximum Gasteiger partial charge on any atom is 0.416 e. The van der Waals surface area contributed by atoms with Gasteiger partial charge in [-0.05, 0) is 39.8 Å². The predicted octanol–water partition coefficient (Wildman–Crippen LogP) is 2.27. The lowest BCUT2D eigenvalue weighted by atomic mass is 10.1. The molecule has 2 N–H and O–H groups in total. The molecule has 2 rings (SSSR count). The van der Waals surface area contributed by atoms with Crippen LogP contribution in [-0.4, -0.2) is 29.3 Å². The van der Waals surface area contributed by atoms with Gasteiger partial charge >= 0.3 is 12.1 Å². The molecule has 2 atom stereocenters. The maximum absolute atomic E-state index is 13.0. The van der Waals surface area contributed by atoms with Crippen LogP contribution in [0.1, 0.15) is 33.3 Å². The summed E-state index contributed by atoms with van der Waals surface area (Å²) in [5, 5.41) is 9.57. The van der Waals surface area contributed by atoms with Gasteiger partial charge in [0.05, 0.1) is 11.6 Å². The van der Waals surface area contributed by atoms with E-state index in [-0.39, 0.29) is 12.1 Å². The van der Waals surface area contributed by atoms with Crippen LogP contribution in [-0.2, 0) is 11.0 Å². The zero-order valence-corrected chi connectivity index (χ0v) is 12.9. The molecule has 1 aliphatic rings. The van der Waals surface area contributed by atoms with Crippen molar-refractivity contribution >= 4 is 17.3 Å². The largest absolute Gasteiger partial charge is 0.475 e. The summed E-state index contributed by atoms with van der Waals surface area (Å²) in [5.74, 6) is -1.04. The van der Waals surface area contributed by atoms with Gasteiger partial charge in [-0.2, -0.15) is 13.2 Å². The number of alkyl halides is 3. The Bertz CT molecular complexity index is 585. The highest BCUT2D eigenvalue weighted by Gasteiger charge is 2.49. The first-order valence-corrected chi connectivity index (χ1v) is 7.15. The van der Waals surface area contributed by atoms with Gasteiger partial charge < -0.3 is 10.0 Å². The minimum absolute atomic E-state index is 0.132. The summed E-state index contributed by atoms with van der Waals surface area (Å²) in [6.45, 7) is 7.28. The molecule has 0 aliphatic carbocycles. The van der Waals surface area contributed by atoms with E-state index in [4.69, 9.17) is 0 Å². The Morgan fingerprint density at radius 3 is 2.27 bits per heavy atom. The molecule has 2 unspecified atom stereocenters. The molecule has 0 saturated heterocycles. The van der Waals surface area contributed by atoms with Crippen LogP contribution in [0.25, 0.3) is 0 Å². The first kappa shape index (κ1) is 16.6. The molecular formula is C15H20F3N2O2+. The van der Waals surface area contributed by atoms with Crippen molar-refractivity contribution < 1.29 is 28.0 Å². The number of rotatable bonds is 3. The van der Waals surface area contributed by atoms with Crippen LogP contribution in [0.5, 0.6) is 0 Å². The van der Waals surface area contributed by atoms with Gasteiger partial charge in [-0.3, -0.25) is 4.90 Å². The predicted molar refractivity (Wildman–Crippen MR) is 76.2 cm³/mol. The van der Waals surface area contributed by atoms with Crippen LogP contribution < -0.4 is 9.80 Å². The lowest BCUT2D eigenvalue weighted by Crippen LogP contribution is -3.15. The highest BCUT2D eigenvalue weighted by Crippen LogP contribution is 2.37. The van der Waals surface area contributed by atoms with E-state index in [2.05, 4.69) is 0 Å². The molecule has 0 radical (unpaired) electrons. The highest BCUT2D eigenvalue weighted by molar-refractivity contribution is 5.82. The number of quaternary nitrogens is 1. The molecule has 0 fully saturated rings. The van der Waals surface area contributed by atoms with Gasteiger partial charge in [-0.25, -0.2) is 4.79 Å². The Kier molecular flexibility index (Phi) is 4.12. The summed E-state index contributed by atoms with van der Waals surface area (Å²) >= 11 is 0. The third-order valence-electron chi connectivity index (χ3n) is 3.90. The molecule has 1 heterocycles. The summed E-state index contributed by atoms with van der Waals surface area (Å²) in [4.78, 5) is 13.9. The van der Waals surface area contributed by atoms with Gasteiger partial charge in [0, 0.05) is 12.1 Å². The third-order valence-corrected chi connectivity index (χ3v) is 3.90. The Hall–Kier alpha value is -1.76. The smallest absolute Gasteiger partial charge is 0.416 e. The fourth-order valence-electron chi connectivity index (χ4n) is 3.06. The molecule has 1 aliphatic heterocycles. The Labute approximate surface area is 127 Å². The number of carboxylic acid groups (broad SMARTS) is 1. The van der Waals surface area contributed by atoms with Crippen LogP contribution in [0.15, 0.2) is 18.2 Å². The Morgan fingerprint density at radius 2 is 1.86 bits per heavy atom. The Morgan fingerprint density at radius 1 is 1.27 bits per heavy atom. The van der Waals surface area contributed by atoms with Crippen molar-refractivity contribution in [2.75, 3.05) is 4.90 Å². The van der Waals surface area contributed by atoms with Gasteiger partial charge in [-0.15, -0.1) is 0 Å². The number of carbonyl (C=O) groups is 1. The molecule has 1 aromatic rings. The molecule has 0 saturated carbocycles. The normalized spacial score (nSPS) is 21.6. The van der Waals surface area contributed by atoms with Crippen LogP contribution in [0, 0.1) is 0 Å². The average molecular weight is 317 g/mol. The zero-order chi connectivity index (χ0) is 16.8. The minimum Gasteiger partial charge on any atom is -0.475 e. The lowest BCUT2D eigenvalue weighted by molar-refractivity contribution is -0.867. The van der Waals surface area contributed by atoms with Crippen LogP contribution >= 0.6 is 0 Å². The number of hydrogen-bond acceptors (Lipinski definition) is 2. The number of aliphatic carboxylic acids is 1. The van der Waals surface area contributed by atoms with Crippen LogP contribution in [0.2, 0.25) is 0 Å². The number of anilines is 1. The molecular weight excluding hydrogens is 297 g/mol. The molecule has 0 aromatic heterocycles. The second-order valence-electron chi connectivity index (χ2n) is 6.08. The average Bonchev–Trinajstić information content (AvgIpc) is 2.71. The quantitative estimate of drug-likeness (QED) is 0.899. The van der Waals surface area contributed by atoms with Crippen molar-refractivity contribution in [2.24, 2.45) is 0 Å². The van der Waals surface area contributed by atoms with Crippen molar-refractivity contribution in [3.63, 3.8) is 0 Å². The maximum atomic E-state index is 13.0. The summed E-state index contributed by atoms with van der Waals surface area (Å²) < 4.78 is 38.9. The number of nitrogens with one attached hydrogen (secondary N) is 1. The zero-order valence-electron chi connectivity index (χ0n) is 12.9. The fourth-order valence-corrected chi connectivity index (χ4v) is 3.06. The minimum atomic E-state index is -4.44. The van der Waals surface area contributed by atoms with Crippen LogP contribution in [0.3, 0.4) is 0 Å². The number of carboxylic acids is 1. The number of fused-ring (bicyclic) bond motifs is 1. The van der Waals surface area contributed by atoms with E-state index in [0.29, 0.717) is 16.3 Å². The van der Waals surface area contributed by atoms with Crippen molar-refractivity contribution in [3.8, 4) is 0 Å². The Balaban J connectivity index is 2.64. The molecule has 0 bridgehead atoms. The molecule has 122 valence electrons. The first-order chi connectivity index (χ1) is 10.1. The van der Waals surface area contributed by atoms with Crippen molar-refractivity contribution in [1.29, 1.82) is 0 Å². The van der Waals surface area contributed by atoms with E-state index in [1.54, 1.807) is 18.7 Å². The summed E-state index contributed by atoms with van der Waals surface area (Å²) in [7, 11) is 0. The summed E-state index contributed by atoms with van der Waals surface area (Å²) in [6, 6.07) is 3.17. The highest BCUT2D eigenvalue weighted by atomic mass is 19.4. The first-order valence-electron chi connectivity index (χ1n) is 7.15. The lowest BCUT2D eigenvalue weighted by Gasteiger charge is -2.29. The fraction of sp³-hybridized carbons (Fsp3) is 0.533. The van der Waals surface area contributed by atoms with E-state index in [9.17, 15) is 23.1 Å². The molecule has 1 aromatic carbocycles. The topological polar surface area (TPSA) is 45.0 Å². The molecule has 22 heavy (non-hydrogen) atoms. The van der Waals surface area contributed by atoms with Gasteiger partial charge in [0.1, 0.15) is 5.69 Å². The standard InChI is InChI=1S/C15H19F3N2O2/c1-8(2)19-11-6-5-10(15(16,17)18)7-12(11)20(9(3)4)13(19)14(21)22/h5-9,13H,1-4H3,(H,21,22)/p+1. The van der Waals surface area contributed by atoms with Crippen molar-refractivity contribution in [2.45, 2.75) is 52.1 Å². The number of halogens is 3. The number of benzene rings is 1. The number of hydrogen-bond donors (Lipinski definition) is 2. The van der Waals surface area contributed by atoms with E-state index < -0.39 is 23.9 Å². The monoisotopic (exact) mass is 317 g/mol. The summed E-state index contributed by atoms with van der Waals surface area (Å²) in [5.41, 5.74) is 0.198. The second kappa shape index (κ2) is 5.46. The van der Waals surface area contributed by atoms with Gasteiger partial charge in [0.25, 0.3) is 6.17 Å².